The maximum Gasteiger partial charge on any atom is 0.243 e. The van der Waals surface area contributed by atoms with Crippen LogP contribution in [0.1, 0.15) is 6.92 Å². The first kappa shape index (κ1) is 10.5. The first-order valence-corrected chi connectivity index (χ1v) is 4.34. The predicted molar refractivity (Wildman–Crippen MR) is 55.2 cm³/mol. The number of anilines is 1. The lowest BCUT2D eigenvalue weighted by atomic mass is 10.2. The average molecular weight is 194 g/mol. The highest BCUT2D eigenvalue weighted by Crippen LogP contribution is 2.19. The molecule has 4 heteroatoms. The first-order chi connectivity index (χ1) is 6.52. The Bertz CT molecular complexity index is 337. The maximum absolute atomic E-state index is 11.5. The molecule has 0 heterocycles. The van der Waals surface area contributed by atoms with Crippen LogP contribution in [0.25, 0.3) is 0 Å². The molecule has 0 saturated carbocycles. The lowest BCUT2D eigenvalue weighted by molar-refractivity contribution is -0.119. The average Bonchev–Trinajstić information content (AvgIpc) is 2.15. The predicted octanol–water partition coefficient (Wildman–Crippen LogP) is 0.702. The van der Waals surface area contributed by atoms with E-state index >= 15 is 0 Å². The summed E-state index contributed by atoms with van der Waals surface area (Å²) in [6, 6.07) is 5.94. The van der Waals surface area contributed by atoms with Crippen LogP contribution in [0.4, 0.5) is 5.69 Å². The summed E-state index contributed by atoms with van der Waals surface area (Å²) in [7, 11) is 1.63. The number of aromatic hydroxyl groups is 1. The molecule has 1 atom stereocenters. The number of phenols is 1. The number of rotatable bonds is 2. The Morgan fingerprint density at radius 1 is 1.57 bits per heavy atom. The Balaban J connectivity index is 2.89. The Morgan fingerprint density at radius 2 is 2.21 bits per heavy atom. The first-order valence-electron chi connectivity index (χ1n) is 4.34. The van der Waals surface area contributed by atoms with Crippen molar-refractivity contribution in [1.82, 2.24) is 0 Å². The van der Waals surface area contributed by atoms with Crippen molar-refractivity contribution in [2.45, 2.75) is 13.0 Å². The second-order valence-electron chi connectivity index (χ2n) is 3.21. The molecule has 1 amide bonds. The number of likely N-dealkylation sites (N-methyl/N-ethyl adjacent to an activating group) is 1. The molecule has 0 fully saturated rings. The summed E-state index contributed by atoms with van der Waals surface area (Å²) in [5.41, 5.74) is 6.09. The molecule has 0 aliphatic heterocycles. The molecule has 1 aromatic rings. The van der Waals surface area contributed by atoms with Gasteiger partial charge in [-0.3, -0.25) is 4.79 Å². The number of hydrogen-bond acceptors (Lipinski definition) is 3. The van der Waals surface area contributed by atoms with E-state index in [4.69, 9.17) is 5.73 Å². The minimum absolute atomic E-state index is 0.131. The van der Waals surface area contributed by atoms with Gasteiger partial charge in [0, 0.05) is 18.8 Å². The number of carbonyl (C=O) groups excluding carboxylic acids is 1. The molecular formula is C10H14N2O2. The van der Waals surface area contributed by atoms with Crippen molar-refractivity contribution >= 4 is 11.6 Å². The van der Waals surface area contributed by atoms with Gasteiger partial charge in [0.25, 0.3) is 0 Å². The highest BCUT2D eigenvalue weighted by Gasteiger charge is 2.14. The van der Waals surface area contributed by atoms with Crippen LogP contribution in [0.3, 0.4) is 0 Å². The summed E-state index contributed by atoms with van der Waals surface area (Å²) in [6.07, 6.45) is 0. The van der Waals surface area contributed by atoms with Gasteiger partial charge in [0.2, 0.25) is 5.91 Å². The van der Waals surface area contributed by atoms with Gasteiger partial charge in [-0.25, -0.2) is 0 Å². The molecule has 0 aliphatic carbocycles. The highest BCUT2D eigenvalue weighted by molar-refractivity contribution is 5.96. The number of phenolic OH excluding ortho intramolecular Hbond substituents is 1. The van der Waals surface area contributed by atoms with E-state index in [0.29, 0.717) is 5.69 Å². The van der Waals surface area contributed by atoms with Crippen LogP contribution in [0.2, 0.25) is 0 Å². The van der Waals surface area contributed by atoms with Gasteiger partial charge in [-0.05, 0) is 19.1 Å². The normalized spacial score (nSPS) is 12.2. The Morgan fingerprint density at radius 3 is 2.71 bits per heavy atom. The van der Waals surface area contributed by atoms with Gasteiger partial charge >= 0.3 is 0 Å². The van der Waals surface area contributed by atoms with Gasteiger partial charge in [0.05, 0.1) is 6.04 Å². The highest BCUT2D eigenvalue weighted by atomic mass is 16.3. The summed E-state index contributed by atoms with van der Waals surface area (Å²) in [5.74, 6) is -0.0533. The zero-order valence-corrected chi connectivity index (χ0v) is 8.27. The maximum atomic E-state index is 11.5. The van der Waals surface area contributed by atoms with E-state index in [1.807, 2.05) is 0 Å². The van der Waals surface area contributed by atoms with Crippen molar-refractivity contribution in [3.63, 3.8) is 0 Å². The van der Waals surface area contributed by atoms with Gasteiger partial charge in [0.1, 0.15) is 5.75 Å². The third-order valence-corrected chi connectivity index (χ3v) is 1.94. The number of benzene rings is 1. The molecule has 0 aliphatic rings. The summed E-state index contributed by atoms with van der Waals surface area (Å²) >= 11 is 0. The summed E-state index contributed by atoms with van der Waals surface area (Å²) < 4.78 is 0. The van der Waals surface area contributed by atoms with Crippen LogP contribution >= 0.6 is 0 Å². The molecule has 0 radical (unpaired) electrons. The van der Waals surface area contributed by atoms with Crippen LogP contribution in [-0.4, -0.2) is 24.1 Å². The van der Waals surface area contributed by atoms with E-state index in [0.717, 1.165) is 0 Å². The zero-order valence-electron chi connectivity index (χ0n) is 8.27. The van der Waals surface area contributed by atoms with Crippen LogP contribution < -0.4 is 10.6 Å². The van der Waals surface area contributed by atoms with Crippen molar-refractivity contribution in [2.75, 3.05) is 11.9 Å². The quantitative estimate of drug-likeness (QED) is 0.728. The minimum atomic E-state index is -0.539. The molecule has 1 aromatic carbocycles. The molecule has 0 bridgehead atoms. The minimum Gasteiger partial charge on any atom is -0.508 e. The fraction of sp³-hybridized carbons (Fsp3) is 0.300. The van der Waals surface area contributed by atoms with Gasteiger partial charge in [-0.15, -0.1) is 0 Å². The van der Waals surface area contributed by atoms with Crippen molar-refractivity contribution in [3.8, 4) is 5.75 Å². The fourth-order valence-corrected chi connectivity index (χ4v) is 1.13. The SMILES string of the molecule is CC(N)C(=O)N(C)c1cccc(O)c1. The summed E-state index contributed by atoms with van der Waals surface area (Å²) in [4.78, 5) is 12.9. The fourth-order valence-electron chi connectivity index (χ4n) is 1.13. The number of nitrogens with zero attached hydrogens (tertiary/aromatic N) is 1. The summed E-state index contributed by atoms with van der Waals surface area (Å²) in [6.45, 7) is 1.63. The van der Waals surface area contributed by atoms with Crippen molar-refractivity contribution < 1.29 is 9.90 Å². The van der Waals surface area contributed by atoms with E-state index < -0.39 is 6.04 Å². The molecule has 1 rings (SSSR count). The van der Waals surface area contributed by atoms with Gasteiger partial charge in [-0.1, -0.05) is 6.07 Å². The van der Waals surface area contributed by atoms with Crippen molar-refractivity contribution in [2.24, 2.45) is 5.73 Å². The molecule has 76 valence electrons. The summed E-state index contributed by atoms with van der Waals surface area (Å²) in [5, 5.41) is 9.21. The number of amides is 1. The van der Waals surface area contributed by atoms with Crippen LogP contribution in [0, 0.1) is 0 Å². The Labute approximate surface area is 82.9 Å². The molecular weight excluding hydrogens is 180 g/mol. The van der Waals surface area contributed by atoms with E-state index in [9.17, 15) is 9.90 Å². The Kier molecular flexibility index (Phi) is 3.09. The third-order valence-electron chi connectivity index (χ3n) is 1.94. The van der Waals surface area contributed by atoms with Gasteiger partial charge in [0.15, 0.2) is 0 Å². The number of carbonyl (C=O) groups is 1. The molecule has 14 heavy (non-hydrogen) atoms. The van der Waals surface area contributed by atoms with Gasteiger partial charge in [-0.2, -0.15) is 0 Å². The van der Waals surface area contributed by atoms with Crippen LogP contribution in [0.5, 0.6) is 5.75 Å². The van der Waals surface area contributed by atoms with E-state index in [1.54, 1.807) is 32.2 Å². The zero-order chi connectivity index (χ0) is 10.7. The Hall–Kier alpha value is -1.55. The second kappa shape index (κ2) is 4.11. The second-order valence-corrected chi connectivity index (χ2v) is 3.21. The van der Waals surface area contributed by atoms with Crippen molar-refractivity contribution in [1.29, 1.82) is 0 Å². The van der Waals surface area contributed by atoms with Crippen LogP contribution in [0.15, 0.2) is 24.3 Å². The van der Waals surface area contributed by atoms with Crippen LogP contribution in [-0.2, 0) is 4.79 Å². The topological polar surface area (TPSA) is 66.6 Å². The molecule has 4 nitrogen and oxygen atoms in total. The van der Waals surface area contributed by atoms with Crippen molar-refractivity contribution in [3.05, 3.63) is 24.3 Å². The van der Waals surface area contributed by atoms with Gasteiger partial charge < -0.3 is 15.7 Å². The standard InChI is InChI=1S/C10H14N2O2/c1-7(11)10(14)12(2)8-4-3-5-9(13)6-8/h3-7,13H,11H2,1-2H3. The largest absolute Gasteiger partial charge is 0.508 e. The molecule has 0 spiro atoms. The van der Waals surface area contributed by atoms with E-state index in [-0.39, 0.29) is 11.7 Å². The monoisotopic (exact) mass is 194 g/mol. The van der Waals surface area contributed by atoms with E-state index in [2.05, 4.69) is 0 Å². The number of hydrogen-bond donors (Lipinski definition) is 2. The smallest absolute Gasteiger partial charge is 0.243 e. The molecule has 3 N–H and O–H groups in total. The lowest BCUT2D eigenvalue weighted by Gasteiger charge is -2.19. The third kappa shape index (κ3) is 2.23. The molecule has 1 unspecified atom stereocenters. The lowest BCUT2D eigenvalue weighted by Crippen LogP contribution is -2.39. The molecule has 0 saturated heterocycles. The van der Waals surface area contributed by atoms with E-state index in [1.165, 1.54) is 11.0 Å². The molecule has 0 aromatic heterocycles. The number of nitrogens with two attached hydrogens (primary N) is 1.